The summed E-state index contributed by atoms with van der Waals surface area (Å²) in [6, 6.07) is 11.8. The number of carbonyl (C=O) groups excluding carboxylic acids is 1. The summed E-state index contributed by atoms with van der Waals surface area (Å²) in [6.07, 6.45) is 0. The Kier molecular flexibility index (Phi) is 9.51. The molecule has 0 fully saturated rings. The van der Waals surface area contributed by atoms with Gasteiger partial charge in [0.05, 0.1) is 11.4 Å². The SMILES string of the molecule is CCN(CC)CCN1C(=O)CN=C(c2ccccc2F)c2cc(Cl)ccc21.O=P(O)(O)O. The summed E-state index contributed by atoms with van der Waals surface area (Å²) in [5.74, 6) is -0.469. The Labute approximate surface area is 191 Å². The van der Waals surface area contributed by atoms with Crippen molar-refractivity contribution in [1.82, 2.24) is 4.90 Å². The molecule has 0 unspecified atom stereocenters. The second-order valence-corrected chi connectivity index (χ2v) is 8.35. The molecule has 0 atom stereocenters. The number of phosphoric acid groups is 1. The van der Waals surface area contributed by atoms with Gasteiger partial charge in [-0.2, -0.15) is 0 Å². The number of rotatable bonds is 6. The van der Waals surface area contributed by atoms with Gasteiger partial charge in [-0.05, 0) is 43.4 Å². The number of benzene rings is 2. The summed E-state index contributed by atoms with van der Waals surface area (Å²) >= 11 is 6.22. The van der Waals surface area contributed by atoms with E-state index >= 15 is 0 Å². The fraction of sp³-hybridized carbons (Fsp3) is 0.333. The van der Waals surface area contributed by atoms with E-state index in [1.165, 1.54) is 6.07 Å². The highest BCUT2D eigenvalue weighted by atomic mass is 35.5. The van der Waals surface area contributed by atoms with Crippen molar-refractivity contribution < 1.29 is 28.4 Å². The highest BCUT2D eigenvalue weighted by Gasteiger charge is 2.26. The molecule has 0 aliphatic carbocycles. The first-order valence-corrected chi connectivity index (χ1v) is 11.9. The molecule has 2 aromatic carbocycles. The first-order chi connectivity index (χ1) is 15.0. The van der Waals surface area contributed by atoms with Gasteiger partial charge in [0.15, 0.2) is 0 Å². The maximum Gasteiger partial charge on any atom is 0.466 e. The monoisotopic (exact) mass is 485 g/mol. The second kappa shape index (κ2) is 11.7. The third-order valence-corrected chi connectivity index (χ3v) is 5.08. The van der Waals surface area contributed by atoms with E-state index in [0.717, 1.165) is 25.3 Å². The van der Waals surface area contributed by atoms with Crippen LogP contribution in [-0.2, 0) is 9.36 Å². The maximum absolute atomic E-state index is 14.4. The standard InChI is InChI=1S/C21H23ClFN3O.H3O4P/c1-3-25(4-2)11-12-26-19-10-9-15(22)13-17(19)21(24-14-20(26)27)16-7-5-6-8-18(16)23;1-5(2,3)4/h5-10,13H,3-4,11-12,14H2,1-2H3;(H3,1,2,3,4). The molecule has 1 aliphatic rings. The molecule has 1 aliphatic heterocycles. The molecule has 8 nitrogen and oxygen atoms in total. The van der Waals surface area contributed by atoms with Gasteiger partial charge in [-0.15, -0.1) is 0 Å². The molecule has 3 N–H and O–H groups in total. The molecule has 32 heavy (non-hydrogen) atoms. The Balaban J connectivity index is 0.000000654. The van der Waals surface area contributed by atoms with Gasteiger partial charge < -0.3 is 24.5 Å². The van der Waals surface area contributed by atoms with Crippen molar-refractivity contribution in [3.05, 3.63) is 64.4 Å². The van der Waals surface area contributed by atoms with Crippen LogP contribution in [0.5, 0.6) is 0 Å². The lowest BCUT2D eigenvalue weighted by Gasteiger charge is -2.27. The van der Waals surface area contributed by atoms with Crippen molar-refractivity contribution in [2.75, 3.05) is 37.6 Å². The van der Waals surface area contributed by atoms with Gasteiger partial charge in [0.25, 0.3) is 0 Å². The number of hydrogen-bond acceptors (Lipinski definition) is 4. The highest BCUT2D eigenvalue weighted by Crippen LogP contribution is 2.30. The van der Waals surface area contributed by atoms with E-state index in [-0.39, 0.29) is 18.3 Å². The lowest BCUT2D eigenvalue weighted by atomic mass is 9.99. The molecule has 1 heterocycles. The van der Waals surface area contributed by atoms with Crippen LogP contribution in [-0.4, -0.2) is 63.9 Å². The van der Waals surface area contributed by atoms with Crippen molar-refractivity contribution in [2.45, 2.75) is 13.8 Å². The molecule has 3 rings (SSSR count). The number of anilines is 1. The minimum atomic E-state index is -4.64. The van der Waals surface area contributed by atoms with Gasteiger partial charge in [0, 0.05) is 29.2 Å². The van der Waals surface area contributed by atoms with Crippen molar-refractivity contribution >= 4 is 36.7 Å². The van der Waals surface area contributed by atoms with Gasteiger partial charge in [-0.25, -0.2) is 8.96 Å². The second-order valence-electron chi connectivity index (χ2n) is 6.89. The summed E-state index contributed by atoms with van der Waals surface area (Å²) in [4.78, 5) is 42.8. The lowest BCUT2D eigenvalue weighted by Crippen LogP contribution is -2.39. The number of benzodiazepines with no additional fused rings is 1. The summed E-state index contributed by atoms with van der Waals surface area (Å²) in [7, 11) is -4.64. The minimum absolute atomic E-state index is 0.0196. The first kappa shape index (κ1) is 26.1. The normalized spacial score (nSPS) is 13.8. The van der Waals surface area contributed by atoms with Crippen molar-refractivity contribution in [3.8, 4) is 0 Å². The average molecular weight is 486 g/mol. The van der Waals surface area contributed by atoms with E-state index in [1.54, 1.807) is 35.2 Å². The minimum Gasteiger partial charge on any atom is -0.309 e. The summed E-state index contributed by atoms with van der Waals surface area (Å²) in [5, 5.41) is 0.524. The molecule has 0 radical (unpaired) electrons. The van der Waals surface area contributed by atoms with Crippen LogP contribution in [0, 0.1) is 5.82 Å². The summed E-state index contributed by atoms with van der Waals surface area (Å²) < 4.78 is 23.3. The number of nitrogens with zero attached hydrogens (tertiary/aromatic N) is 3. The molecule has 11 heteroatoms. The molecular formula is C21H26ClFN3O5P. The number of likely N-dealkylation sites (N-methyl/N-ethyl adjacent to an activating group) is 1. The van der Waals surface area contributed by atoms with E-state index in [1.807, 2.05) is 6.07 Å². The smallest absolute Gasteiger partial charge is 0.309 e. The molecule has 0 saturated carbocycles. The van der Waals surface area contributed by atoms with E-state index in [2.05, 4.69) is 23.7 Å². The van der Waals surface area contributed by atoms with Gasteiger partial charge in [-0.1, -0.05) is 37.6 Å². The number of fused-ring (bicyclic) bond motifs is 1. The number of amides is 1. The van der Waals surface area contributed by atoms with E-state index in [4.69, 9.17) is 30.8 Å². The van der Waals surface area contributed by atoms with Gasteiger partial charge >= 0.3 is 7.82 Å². The molecule has 0 spiro atoms. The van der Waals surface area contributed by atoms with Crippen LogP contribution in [0.1, 0.15) is 25.0 Å². The summed E-state index contributed by atoms with van der Waals surface area (Å²) in [5.41, 5.74) is 2.23. The predicted octanol–water partition coefficient (Wildman–Crippen LogP) is 3.08. The summed E-state index contributed by atoms with van der Waals surface area (Å²) in [6.45, 7) is 7.33. The molecule has 2 aromatic rings. The van der Waals surface area contributed by atoms with Crippen LogP contribution in [0.3, 0.4) is 0 Å². The van der Waals surface area contributed by atoms with E-state index < -0.39 is 7.82 Å². The van der Waals surface area contributed by atoms with Crippen LogP contribution in [0.4, 0.5) is 10.1 Å². The van der Waals surface area contributed by atoms with E-state index in [0.29, 0.717) is 28.4 Å². The fourth-order valence-corrected chi connectivity index (χ4v) is 3.47. The Morgan fingerprint density at radius 3 is 2.34 bits per heavy atom. The van der Waals surface area contributed by atoms with Crippen molar-refractivity contribution in [3.63, 3.8) is 0 Å². The molecule has 0 bridgehead atoms. The van der Waals surface area contributed by atoms with Crippen LogP contribution < -0.4 is 4.90 Å². The third kappa shape index (κ3) is 7.48. The zero-order valence-electron chi connectivity index (χ0n) is 17.8. The molecule has 174 valence electrons. The number of aliphatic imine (C=N–C) groups is 1. The highest BCUT2D eigenvalue weighted by molar-refractivity contribution is 7.45. The number of halogens is 2. The Morgan fingerprint density at radius 2 is 1.75 bits per heavy atom. The molecule has 0 saturated heterocycles. The third-order valence-electron chi connectivity index (χ3n) is 4.84. The maximum atomic E-state index is 14.4. The molecule has 0 aromatic heterocycles. The van der Waals surface area contributed by atoms with Crippen LogP contribution in [0.15, 0.2) is 47.5 Å². The first-order valence-electron chi connectivity index (χ1n) is 9.95. The van der Waals surface area contributed by atoms with Crippen molar-refractivity contribution in [1.29, 1.82) is 0 Å². The fourth-order valence-electron chi connectivity index (χ4n) is 3.29. The number of hydrogen-bond donors (Lipinski definition) is 3. The topological polar surface area (TPSA) is 114 Å². The van der Waals surface area contributed by atoms with Crippen LogP contribution in [0.25, 0.3) is 0 Å². The zero-order chi connectivity index (χ0) is 23.9. The van der Waals surface area contributed by atoms with Crippen molar-refractivity contribution in [2.24, 2.45) is 4.99 Å². The van der Waals surface area contributed by atoms with Gasteiger partial charge in [-0.3, -0.25) is 9.79 Å². The quantitative estimate of drug-likeness (QED) is 0.542. The Hall–Kier alpha value is -2.13. The lowest BCUT2D eigenvalue weighted by molar-refractivity contribution is -0.117. The Morgan fingerprint density at radius 1 is 1.12 bits per heavy atom. The number of carbonyl (C=O) groups is 1. The van der Waals surface area contributed by atoms with Gasteiger partial charge in [0.2, 0.25) is 5.91 Å². The largest absolute Gasteiger partial charge is 0.466 e. The van der Waals surface area contributed by atoms with Crippen LogP contribution in [0.2, 0.25) is 5.02 Å². The Bertz CT molecular complexity index is 1020. The molecule has 1 amide bonds. The van der Waals surface area contributed by atoms with Crippen LogP contribution >= 0.6 is 19.4 Å². The molecular weight excluding hydrogens is 460 g/mol. The predicted molar refractivity (Wildman–Crippen MR) is 123 cm³/mol. The van der Waals surface area contributed by atoms with E-state index in [9.17, 15) is 9.18 Å². The van der Waals surface area contributed by atoms with Gasteiger partial charge in [0.1, 0.15) is 12.4 Å². The zero-order valence-corrected chi connectivity index (χ0v) is 19.4. The average Bonchev–Trinajstić information content (AvgIpc) is 2.84.